The molecule has 1 heterocycles. The van der Waals surface area contributed by atoms with Crippen molar-refractivity contribution >= 4 is 23.4 Å². The summed E-state index contributed by atoms with van der Waals surface area (Å²) in [5, 5.41) is 0.631. The van der Waals surface area contributed by atoms with Crippen LogP contribution in [0.1, 0.15) is 19.4 Å². The Hall–Kier alpha value is -0.580. The first-order chi connectivity index (χ1) is 9.16. The molecule has 0 radical (unpaired) electrons. The molecule has 106 valence electrons. The molecule has 0 aliphatic carbocycles. The molecular weight excluding hydrogens is 284 g/mol. The van der Waals surface area contributed by atoms with E-state index in [1.807, 2.05) is 37.7 Å². The van der Waals surface area contributed by atoms with Crippen LogP contribution in [0.4, 0.5) is 0 Å². The van der Waals surface area contributed by atoms with E-state index < -0.39 is 0 Å². The monoisotopic (exact) mass is 302 g/mol. The molecule has 1 aliphatic heterocycles. The summed E-state index contributed by atoms with van der Waals surface area (Å²) >= 11 is 8.02. The van der Waals surface area contributed by atoms with E-state index in [-0.39, 0.29) is 0 Å². The molecule has 0 fully saturated rings. The first-order valence-corrected chi connectivity index (χ1v) is 7.97. The quantitative estimate of drug-likeness (QED) is 0.748. The van der Waals surface area contributed by atoms with Crippen molar-refractivity contribution in [3.63, 3.8) is 0 Å². The molecule has 1 aliphatic rings. The highest BCUT2D eigenvalue weighted by Gasteiger charge is 2.16. The number of ether oxygens (including phenoxy) is 3. The normalized spacial score (nSPS) is 13.9. The van der Waals surface area contributed by atoms with Crippen LogP contribution < -0.4 is 9.47 Å². The van der Waals surface area contributed by atoms with Crippen LogP contribution >= 0.6 is 23.4 Å². The van der Waals surface area contributed by atoms with Crippen LogP contribution in [0.15, 0.2) is 12.1 Å². The maximum Gasteiger partial charge on any atom is 0.179 e. The molecule has 0 saturated heterocycles. The minimum atomic E-state index is 0.296. The summed E-state index contributed by atoms with van der Waals surface area (Å²) in [6.45, 7) is 6.02. The van der Waals surface area contributed by atoms with Crippen LogP contribution in [0, 0.1) is 0 Å². The Labute approximate surface area is 123 Å². The van der Waals surface area contributed by atoms with Gasteiger partial charge in [0.05, 0.1) is 17.7 Å². The highest BCUT2D eigenvalue weighted by Crippen LogP contribution is 2.39. The Morgan fingerprint density at radius 2 is 2.11 bits per heavy atom. The van der Waals surface area contributed by atoms with Crippen molar-refractivity contribution in [1.29, 1.82) is 0 Å². The number of thioether (sulfide) groups is 1. The fraction of sp³-hybridized carbons (Fsp3) is 0.571. The highest BCUT2D eigenvalue weighted by molar-refractivity contribution is 7.98. The van der Waals surface area contributed by atoms with Gasteiger partial charge >= 0.3 is 0 Å². The van der Waals surface area contributed by atoms with Gasteiger partial charge in [0, 0.05) is 11.5 Å². The van der Waals surface area contributed by atoms with Crippen molar-refractivity contribution in [2.24, 2.45) is 0 Å². The summed E-state index contributed by atoms with van der Waals surface area (Å²) in [5.41, 5.74) is 1.16. The van der Waals surface area contributed by atoms with Crippen LogP contribution in [-0.2, 0) is 10.5 Å². The Morgan fingerprint density at radius 3 is 2.89 bits per heavy atom. The molecule has 1 aromatic rings. The maximum atomic E-state index is 6.19. The van der Waals surface area contributed by atoms with E-state index in [1.54, 1.807) is 0 Å². The van der Waals surface area contributed by atoms with Gasteiger partial charge in [0.1, 0.15) is 13.2 Å². The Bertz CT molecular complexity index is 423. The van der Waals surface area contributed by atoms with Crippen LogP contribution in [0.2, 0.25) is 5.02 Å². The van der Waals surface area contributed by atoms with Gasteiger partial charge in [-0.15, -0.1) is 0 Å². The molecule has 0 spiro atoms. The molecule has 0 atom stereocenters. The lowest BCUT2D eigenvalue weighted by Gasteiger charge is -2.20. The van der Waals surface area contributed by atoms with Gasteiger partial charge in [0.15, 0.2) is 11.5 Å². The number of fused-ring (bicyclic) bond motifs is 1. The summed E-state index contributed by atoms with van der Waals surface area (Å²) < 4.78 is 16.6. The van der Waals surface area contributed by atoms with Crippen molar-refractivity contribution < 1.29 is 14.2 Å². The third kappa shape index (κ3) is 4.48. The largest absolute Gasteiger partial charge is 0.486 e. The molecule has 0 amide bonds. The van der Waals surface area contributed by atoms with Crippen LogP contribution in [0.25, 0.3) is 0 Å². The van der Waals surface area contributed by atoms with Gasteiger partial charge in [0.25, 0.3) is 0 Å². The van der Waals surface area contributed by atoms with E-state index in [2.05, 4.69) is 0 Å². The van der Waals surface area contributed by atoms with Gasteiger partial charge in [-0.3, -0.25) is 0 Å². The average Bonchev–Trinajstić information content (AvgIpc) is 2.38. The Kier molecular flexibility index (Phi) is 5.67. The van der Waals surface area contributed by atoms with Crippen LogP contribution in [-0.4, -0.2) is 31.7 Å². The van der Waals surface area contributed by atoms with Crippen molar-refractivity contribution in [3.05, 3.63) is 22.7 Å². The second-order valence-electron chi connectivity index (χ2n) is 4.57. The van der Waals surface area contributed by atoms with E-state index in [0.717, 1.165) is 29.4 Å². The first-order valence-electron chi connectivity index (χ1n) is 6.44. The zero-order chi connectivity index (χ0) is 13.7. The maximum absolute atomic E-state index is 6.19. The molecule has 0 unspecified atom stereocenters. The van der Waals surface area contributed by atoms with E-state index in [0.29, 0.717) is 30.1 Å². The minimum Gasteiger partial charge on any atom is -0.486 e. The fourth-order valence-corrected chi connectivity index (χ4v) is 2.83. The Morgan fingerprint density at radius 1 is 1.32 bits per heavy atom. The van der Waals surface area contributed by atoms with Gasteiger partial charge in [-0.05, 0) is 31.5 Å². The molecule has 0 saturated carbocycles. The molecule has 5 heteroatoms. The lowest BCUT2D eigenvalue weighted by molar-refractivity contribution is 0.0920. The van der Waals surface area contributed by atoms with Crippen molar-refractivity contribution in [3.8, 4) is 11.5 Å². The topological polar surface area (TPSA) is 27.7 Å². The van der Waals surface area contributed by atoms with E-state index in [1.165, 1.54) is 0 Å². The van der Waals surface area contributed by atoms with Crippen LogP contribution in [0.5, 0.6) is 11.5 Å². The van der Waals surface area contributed by atoms with Gasteiger partial charge in [-0.1, -0.05) is 11.6 Å². The standard InChI is InChI=1S/C14H19ClO3S/c1-10(2)16-5-6-19-9-11-7-12(15)14-13(8-11)17-3-4-18-14/h7-8,10H,3-6,9H2,1-2H3. The summed E-state index contributed by atoms with van der Waals surface area (Å²) in [5.74, 6) is 3.31. The molecule has 0 bridgehead atoms. The number of rotatable bonds is 6. The fourth-order valence-electron chi connectivity index (χ4n) is 1.78. The molecular formula is C14H19ClO3S. The predicted molar refractivity (Wildman–Crippen MR) is 79.7 cm³/mol. The molecule has 0 aromatic heterocycles. The summed E-state index contributed by atoms with van der Waals surface area (Å²) in [7, 11) is 0. The first kappa shape index (κ1) is 14.8. The van der Waals surface area contributed by atoms with Crippen molar-refractivity contribution in [1.82, 2.24) is 0 Å². The molecule has 1 aromatic carbocycles. The lowest BCUT2D eigenvalue weighted by Crippen LogP contribution is -2.15. The molecule has 19 heavy (non-hydrogen) atoms. The van der Waals surface area contributed by atoms with E-state index in [4.69, 9.17) is 25.8 Å². The Balaban J connectivity index is 1.85. The summed E-state index contributed by atoms with van der Waals surface area (Å²) in [6.07, 6.45) is 0.296. The summed E-state index contributed by atoms with van der Waals surface area (Å²) in [4.78, 5) is 0. The second-order valence-corrected chi connectivity index (χ2v) is 6.09. The van der Waals surface area contributed by atoms with Crippen molar-refractivity contribution in [2.75, 3.05) is 25.6 Å². The third-order valence-electron chi connectivity index (χ3n) is 2.60. The number of benzene rings is 1. The lowest BCUT2D eigenvalue weighted by atomic mass is 10.2. The van der Waals surface area contributed by atoms with E-state index >= 15 is 0 Å². The highest BCUT2D eigenvalue weighted by atomic mass is 35.5. The van der Waals surface area contributed by atoms with Gasteiger partial charge in [-0.2, -0.15) is 11.8 Å². The number of hydrogen-bond acceptors (Lipinski definition) is 4. The third-order valence-corrected chi connectivity index (χ3v) is 3.88. The summed E-state index contributed by atoms with van der Waals surface area (Å²) in [6, 6.07) is 3.96. The van der Waals surface area contributed by atoms with E-state index in [9.17, 15) is 0 Å². The predicted octanol–water partition coefficient (Wildman–Crippen LogP) is 3.77. The van der Waals surface area contributed by atoms with Gasteiger partial charge < -0.3 is 14.2 Å². The smallest absolute Gasteiger partial charge is 0.179 e. The number of halogens is 1. The molecule has 3 nitrogen and oxygen atoms in total. The minimum absolute atomic E-state index is 0.296. The zero-order valence-electron chi connectivity index (χ0n) is 11.3. The van der Waals surface area contributed by atoms with Crippen molar-refractivity contribution in [2.45, 2.75) is 25.7 Å². The number of hydrogen-bond donors (Lipinski definition) is 0. The zero-order valence-corrected chi connectivity index (χ0v) is 12.9. The SMILES string of the molecule is CC(C)OCCSCc1cc(Cl)c2c(c1)OCCO2. The van der Waals surface area contributed by atoms with Gasteiger partial charge in [-0.25, -0.2) is 0 Å². The molecule has 0 N–H and O–H groups in total. The molecule has 2 rings (SSSR count). The average molecular weight is 303 g/mol. The van der Waals surface area contributed by atoms with Gasteiger partial charge in [0.2, 0.25) is 0 Å². The second kappa shape index (κ2) is 7.27. The van der Waals surface area contributed by atoms with Crippen LogP contribution in [0.3, 0.4) is 0 Å².